The molecule has 0 aromatic heterocycles. The minimum absolute atomic E-state index is 0.357. The lowest BCUT2D eigenvalue weighted by molar-refractivity contribution is 0.101. The first-order valence-corrected chi connectivity index (χ1v) is 7.21. The van der Waals surface area contributed by atoms with Gasteiger partial charge in [0.15, 0.2) is 10.8 Å². The van der Waals surface area contributed by atoms with Gasteiger partial charge in [-0.25, -0.2) is 0 Å². The SMILES string of the molecule is N#CC1(C#N)[C@@H]2CCOC2=C2CCCC[C@@H]2C1(C#N)C#N. The fourth-order valence-corrected chi connectivity index (χ4v) is 4.30. The number of rotatable bonds is 0. The van der Waals surface area contributed by atoms with Crippen molar-refractivity contribution in [3.8, 4) is 24.3 Å². The van der Waals surface area contributed by atoms with E-state index < -0.39 is 16.7 Å². The molecule has 0 aromatic rings. The lowest BCUT2D eigenvalue weighted by Gasteiger charge is -2.47. The van der Waals surface area contributed by atoms with Crippen LogP contribution in [0.2, 0.25) is 0 Å². The predicted octanol–water partition coefficient (Wildman–Crippen LogP) is 2.55. The number of fused-ring (bicyclic) bond motifs is 2. The van der Waals surface area contributed by atoms with Gasteiger partial charge in [0.1, 0.15) is 5.76 Å². The minimum atomic E-state index is -1.63. The van der Waals surface area contributed by atoms with E-state index in [1.807, 2.05) is 12.1 Å². The maximum absolute atomic E-state index is 9.76. The van der Waals surface area contributed by atoms with E-state index in [0.29, 0.717) is 19.4 Å². The van der Waals surface area contributed by atoms with Crippen LogP contribution in [0.5, 0.6) is 0 Å². The highest BCUT2D eigenvalue weighted by molar-refractivity contribution is 5.47. The zero-order chi connectivity index (χ0) is 15.1. The summed E-state index contributed by atoms with van der Waals surface area (Å²) in [5.41, 5.74) is -2.21. The molecule has 0 N–H and O–H groups in total. The lowest BCUT2D eigenvalue weighted by Crippen LogP contribution is -2.53. The molecule has 0 radical (unpaired) electrons. The Hall–Kier alpha value is -2.50. The van der Waals surface area contributed by atoms with E-state index in [0.717, 1.165) is 30.6 Å². The van der Waals surface area contributed by atoms with E-state index in [9.17, 15) is 21.0 Å². The van der Waals surface area contributed by atoms with Crippen molar-refractivity contribution in [1.29, 1.82) is 21.0 Å². The molecule has 3 aliphatic rings. The summed E-state index contributed by atoms with van der Waals surface area (Å²) < 4.78 is 5.73. The van der Waals surface area contributed by atoms with E-state index in [1.54, 1.807) is 0 Å². The summed E-state index contributed by atoms with van der Waals surface area (Å²) in [7, 11) is 0. The van der Waals surface area contributed by atoms with Crippen LogP contribution in [0, 0.1) is 68.0 Å². The van der Waals surface area contributed by atoms with Crippen LogP contribution in [0.25, 0.3) is 0 Å². The molecule has 2 atom stereocenters. The molecule has 2 fully saturated rings. The number of nitriles is 4. The second kappa shape index (κ2) is 4.51. The summed E-state index contributed by atoms with van der Waals surface area (Å²) in [6.07, 6.45) is 3.90. The average Bonchev–Trinajstić information content (AvgIpc) is 3.03. The Morgan fingerprint density at radius 1 is 0.857 bits per heavy atom. The Kier molecular flexibility index (Phi) is 2.90. The van der Waals surface area contributed by atoms with Crippen molar-refractivity contribution in [3.63, 3.8) is 0 Å². The summed E-state index contributed by atoms with van der Waals surface area (Å²) >= 11 is 0. The van der Waals surface area contributed by atoms with Gasteiger partial charge < -0.3 is 4.74 Å². The van der Waals surface area contributed by atoms with Crippen molar-refractivity contribution >= 4 is 0 Å². The standard InChI is InChI=1S/C16H14N4O/c17-7-15(8-18)12-4-2-1-3-11(12)14-13(5-6-21-14)16(15,9-19)10-20/h12-13H,1-6H2/t12-,13+/m0/s1. The molecule has 0 amide bonds. The summed E-state index contributed by atoms with van der Waals surface area (Å²) in [6, 6.07) is 8.24. The molecule has 1 saturated carbocycles. The van der Waals surface area contributed by atoms with Crippen molar-refractivity contribution in [2.45, 2.75) is 32.1 Å². The van der Waals surface area contributed by atoms with E-state index in [-0.39, 0.29) is 5.92 Å². The molecule has 2 aliphatic carbocycles. The van der Waals surface area contributed by atoms with Gasteiger partial charge in [0, 0.05) is 5.92 Å². The van der Waals surface area contributed by atoms with E-state index in [2.05, 4.69) is 12.1 Å². The Balaban J connectivity index is 2.34. The molecule has 21 heavy (non-hydrogen) atoms. The van der Waals surface area contributed by atoms with Gasteiger partial charge >= 0.3 is 0 Å². The number of ether oxygens (including phenoxy) is 1. The molecule has 1 aliphatic heterocycles. The normalized spacial score (nSPS) is 31.4. The molecule has 5 heteroatoms. The van der Waals surface area contributed by atoms with Gasteiger partial charge in [-0.15, -0.1) is 0 Å². The van der Waals surface area contributed by atoms with Crippen molar-refractivity contribution in [1.82, 2.24) is 0 Å². The van der Waals surface area contributed by atoms with E-state index in [1.165, 1.54) is 0 Å². The fourth-order valence-electron chi connectivity index (χ4n) is 4.30. The van der Waals surface area contributed by atoms with Gasteiger partial charge in [-0.05, 0) is 31.3 Å². The molecule has 0 bridgehead atoms. The van der Waals surface area contributed by atoms with Crippen molar-refractivity contribution in [2.24, 2.45) is 22.7 Å². The summed E-state index contributed by atoms with van der Waals surface area (Å²) in [5.74, 6) is -0.0787. The number of nitrogens with zero attached hydrogens (tertiary/aromatic N) is 4. The van der Waals surface area contributed by atoms with Gasteiger partial charge in [0.2, 0.25) is 0 Å². The summed E-state index contributed by atoms with van der Waals surface area (Å²) in [6.45, 7) is 0.453. The molecule has 5 nitrogen and oxygen atoms in total. The first-order chi connectivity index (χ1) is 10.2. The second-order valence-electron chi connectivity index (χ2n) is 5.94. The average molecular weight is 278 g/mol. The minimum Gasteiger partial charge on any atom is -0.498 e. The van der Waals surface area contributed by atoms with Crippen LogP contribution in [0.3, 0.4) is 0 Å². The van der Waals surface area contributed by atoms with Crippen molar-refractivity contribution in [3.05, 3.63) is 11.3 Å². The molecule has 0 spiro atoms. The first-order valence-electron chi connectivity index (χ1n) is 7.21. The quantitative estimate of drug-likeness (QED) is 0.677. The van der Waals surface area contributed by atoms with Crippen LogP contribution in [-0.2, 0) is 4.74 Å². The molecule has 0 aromatic carbocycles. The van der Waals surface area contributed by atoms with Crippen LogP contribution >= 0.6 is 0 Å². The monoisotopic (exact) mass is 278 g/mol. The maximum atomic E-state index is 9.76. The molecular weight excluding hydrogens is 264 g/mol. The van der Waals surface area contributed by atoms with Gasteiger partial charge in [-0.2, -0.15) is 21.0 Å². The van der Waals surface area contributed by atoms with Crippen molar-refractivity contribution in [2.75, 3.05) is 6.61 Å². The van der Waals surface area contributed by atoms with Gasteiger partial charge in [-0.3, -0.25) is 0 Å². The highest BCUT2D eigenvalue weighted by atomic mass is 16.5. The third-order valence-corrected chi connectivity index (χ3v) is 5.28. The molecule has 104 valence electrons. The highest BCUT2D eigenvalue weighted by Gasteiger charge is 2.68. The molecule has 3 rings (SSSR count). The lowest BCUT2D eigenvalue weighted by atomic mass is 9.47. The smallest absolute Gasteiger partial charge is 0.185 e. The predicted molar refractivity (Wildman–Crippen MR) is 70.4 cm³/mol. The zero-order valence-electron chi connectivity index (χ0n) is 11.6. The molecule has 0 unspecified atom stereocenters. The first kappa shape index (κ1) is 13.5. The number of allylic oxidation sites excluding steroid dienone is 2. The maximum Gasteiger partial charge on any atom is 0.185 e. The Morgan fingerprint density at radius 3 is 2.10 bits per heavy atom. The van der Waals surface area contributed by atoms with E-state index >= 15 is 0 Å². The summed E-state index contributed by atoms with van der Waals surface area (Å²) in [5, 5.41) is 39.0. The number of hydrogen-bond acceptors (Lipinski definition) is 5. The van der Waals surface area contributed by atoms with Gasteiger partial charge in [-0.1, -0.05) is 6.42 Å². The van der Waals surface area contributed by atoms with Crippen LogP contribution in [0.1, 0.15) is 32.1 Å². The Labute approximate surface area is 123 Å². The molecule has 1 saturated heterocycles. The van der Waals surface area contributed by atoms with E-state index in [4.69, 9.17) is 4.74 Å². The topological polar surface area (TPSA) is 104 Å². The molecule has 1 heterocycles. The Bertz CT molecular complexity index is 651. The second-order valence-corrected chi connectivity index (χ2v) is 5.94. The molecular formula is C16H14N4O. The third-order valence-electron chi connectivity index (χ3n) is 5.28. The zero-order valence-corrected chi connectivity index (χ0v) is 11.6. The van der Waals surface area contributed by atoms with Crippen LogP contribution in [0.15, 0.2) is 11.3 Å². The Morgan fingerprint density at radius 2 is 1.48 bits per heavy atom. The van der Waals surface area contributed by atoms with Crippen LogP contribution < -0.4 is 0 Å². The highest BCUT2D eigenvalue weighted by Crippen LogP contribution is 2.63. The summed E-state index contributed by atoms with van der Waals surface area (Å²) in [4.78, 5) is 0. The van der Waals surface area contributed by atoms with Gasteiger partial charge in [0.25, 0.3) is 0 Å². The third kappa shape index (κ3) is 1.36. The van der Waals surface area contributed by atoms with Gasteiger partial charge in [0.05, 0.1) is 36.8 Å². The number of hydrogen-bond donors (Lipinski definition) is 0. The largest absolute Gasteiger partial charge is 0.498 e. The van der Waals surface area contributed by atoms with Crippen LogP contribution in [-0.4, -0.2) is 6.61 Å². The van der Waals surface area contributed by atoms with Crippen LogP contribution in [0.4, 0.5) is 0 Å². The van der Waals surface area contributed by atoms with Crippen molar-refractivity contribution < 1.29 is 4.74 Å². The fraction of sp³-hybridized carbons (Fsp3) is 0.625.